The Labute approximate surface area is 205 Å². The number of hydrogen-bond acceptors (Lipinski definition) is 1. The fourth-order valence-electron chi connectivity index (χ4n) is 4.65. The van der Waals surface area contributed by atoms with Crippen LogP contribution in [0.15, 0.2) is 146 Å². The summed E-state index contributed by atoms with van der Waals surface area (Å²) in [4.78, 5) is 4.78. The van der Waals surface area contributed by atoms with Crippen molar-refractivity contribution in [1.29, 1.82) is 0 Å². The molecule has 0 spiro atoms. The molecule has 166 valence electrons. The van der Waals surface area contributed by atoms with Crippen LogP contribution in [0.1, 0.15) is 0 Å². The van der Waals surface area contributed by atoms with Gasteiger partial charge in [0.25, 0.3) is 0 Å². The number of benzene rings is 5. The molecule has 0 unspecified atom stereocenters. The van der Waals surface area contributed by atoms with E-state index < -0.39 is 0 Å². The molecule has 0 saturated heterocycles. The molecule has 2 nitrogen and oxygen atoms in total. The summed E-state index contributed by atoms with van der Waals surface area (Å²) in [5, 5.41) is 0. The van der Waals surface area contributed by atoms with Gasteiger partial charge in [-0.2, -0.15) is 0 Å². The van der Waals surface area contributed by atoms with Crippen LogP contribution in [-0.4, -0.2) is 9.55 Å². The molecule has 6 aromatic rings. The first-order valence-electron chi connectivity index (χ1n) is 11.8. The van der Waals surface area contributed by atoms with Crippen molar-refractivity contribution in [3.8, 4) is 50.5 Å². The number of nitrogens with zero attached hydrogens (tertiary/aromatic N) is 2. The van der Waals surface area contributed by atoms with Gasteiger partial charge in [0.2, 0.25) is 0 Å². The summed E-state index contributed by atoms with van der Waals surface area (Å²) in [6.07, 6.45) is 3.95. The van der Waals surface area contributed by atoms with Crippen molar-refractivity contribution in [2.24, 2.45) is 0 Å². The normalized spacial score (nSPS) is 10.9. The lowest BCUT2D eigenvalue weighted by Crippen LogP contribution is -2.03. The molecule has 0 aliphatic rings. The van der Waals surface area contributed by atoms with Gasteiger partial charge in [0.15, 0.2) is 0 Å². The van der Waals surface area contributed by atoms with Crippen LogP contribution in [-0.2, 0) is 0 Å². The van der Waals surface area contributed by atoms with Crippen molar-refractivity contribution < 1.29 is 0 Å². The fourth-order valence-corrected chi connectivity index (χ4v) is 4.65. The van der Waals surface area contributed by atoms with Crippen LogP contribution < -0.4 is 0 Å². The molecule has 0 saturated carbocycles. The molecule has 0 aliphatic heterocycles. The molecule has 0 fully saturated rings. The summed E-state index contributed by atoms with van der Waals surface area (Å²) >= 11 is 0. The lowest BCUT2D eigenvalue weighted by atomic mass is 9.90. The van der Waals surface area contributed by atoms with Gasteiger partial charge < -0.3 is 0 Å². The molecule has 0 aliphatic carbocycles. The van der Waals surface area contributed by atoms with Gasteiger partial charge in [-0.25, -0.2) is 4.98 Å². The van der Waals surface area contributed by atoms with Gasteiger partial charge in [0.05, 0.1) is 5.69 Å². The monoisotopic (exact) mass is 448 g/mol. The summed E-state index contributed by atoms with van der Waals surface area (Å²) < 4.78 is 2.23. The van der Waals surface area contributed by atoms with Crippen molar-refractivity contribution in [3.05, 3.63) is 146 Å². The highest BCUT2D eigenvalue weighted by Gasteiger charge is 2.19. The molecule has 35 heavy (non-hydrogen) atoms. The first-order chi connectivity index (χ1) is 17.4. The van der Waals surface area contributed by atoms with Crippen LogP contribution in [0, 0.1) is 0 Å². The highest BCUT2D eigenvalue weighted by atomic mass is 15.1. The van der Waals surface area contributed by atoms with E-state index >= 15 is 0 Å². The van der Waals surface area contributed by atoms with Gasteiger partial charge >= 0.3 is 0 Å². The Morgan fingerprint density at radius 3 is 1.34 bits per heavy atom. The predicted molar refractivity (Wildman–Crippen MR) is 145 cm³/mol. The van der Waals surface area contributed by atoms with Crippen LogP contribution in [0.2, 0.25) is 0 Å². The Balaban J connectivity index is 1.71. The lowest BCUT2D eigenvalue weighted by molar-refractivity contribution is 1.07. The minimum absolute atomic E-state index is 0.924. The molecule has 5 aromatic carbocycles. The van der Waals surface area contributed by atoms with Gasteiger partial charge in [-0.3, -0.25) is 4.57 Å². The van der Waals surface area contributed by atoms with Gasteiger partial charge in [-0.1, -0.05) is 121 Å². The molecule has 1 heterocycles. The Morgan fingerprint density at radius 1 is 0.429 bits per heavy atom. The van der Waals surface area contributed by atoms with Crippen molar-refractivity contribution in [3.63, 3.8) is 0 Å². The number of imidazole rings is 1. The van der Waals surface area contributed by atoms with E-state index in [2.05, 4.69) is 138 Å². The summed E-state index contributed by atoms with van der Waals surface area (Å²) in [6, 6.07) is 46.8. The Bertz CT molecular complexity index is 1490. The van der Waals surface area contributed by atoms with Crippen molar-refractivity contribution in [2.45, 2.75) is 0 Å². The quantitative estimate of drug-likeness (QED) is 0.258. The van der Waals surface area contributed by atoms with Crippen molar-refractivity contribution in [2.75, 3.05) is 0 Å². The third-order valence-electron chi connectivity index (χ3n) is 6.30. The van der Waals surface area contributed by atoms with Crippen LogP contribution in [0.3, 0.4) is 0 Å². The topological polar surface area (TPSA) is 17.8 Å². The van der Waals surface area contributed by atoms with Gasteiger partial charge in [0, 0.05) is 29.1 Å². The minimum atomic E-state index is 0.924. The summed E-state index contributed by atoms with van der Waals surface area (Å²) in [5.41, 5.74) is 9.27. The first-order valence-corrected chi connectivity index (χ1v) is 11.8. The molecule has 6 rings (SSSR count). The summed E-state index contributed by atoms with van der Waals surface area (Å²) in [5.74, 6) is 0.924. The SMILES string of the molecule is c1ccc(-c2cc(-c3ccccc3)c(-n3ccnc3-c3ccccc3)c(-c3ccccc3)c2)cc1. The van der Waals surface area contributed by atoms with E-state index in [1.165, 1.54) is 33.4 Å². The van der Waals surface area contributed by atoms with Gasteiger partial charge in [-0.15, -0.1) is 0 Å². The van der Waals surface area contributed by atoms with E-state index in [4.69, 9.17) is 4.98 Å². The molecule has 2 heteroatoms. The number of aromatic nitrogens is 2. The minimum Gasteiger partial charge on any atom is -0.299 e. The zero-order valence-electron chi connectivity index (χ0n) is 19.3. The van der Waals surface area contributed by atoms with Crippen molar-refractivity contribution >= 4 is 0 Å². The highest BCUT2D eigenvalue weighted by Crippen LogP contribution is 2.41. The van der Waals surface area contributed by atoms with E-state index in [1.54, 1.807) is 0 Å². The van der Waals surface area contributed by atoms with E-state index in [0.717, 1.165) is 17.1 Å². The molecule has 1 aromatic heterocycles. The third kappa shape index (κ3) is 4.07. The maximum atomic E-state index is 4.78. The second-order valence-corrected chi connectivity index (χ2v) is 8.50. The molecule has 0 amide bonds. The molecular weight excluding hydrogens is 424 g/mol. The molecule has 0 atom stereocenters. The molecular formula is C33H24N2. The van der Waals surface area contributed by atoms with E-state index in [-0.39, 0.29) is 0 Å². The smallest absolute Gasteiger partial charge is 0.144 e. The summed E-state index contributed by atoms with van der Waals surface area (Å²) in [6.45, 7) is 0. The van der Waals surface area contributed by atoms with E-state index in [0.29, 0.717) is 0 Å². The first kappa shape index (κ1) is 20.9. The number of rotatable bonds is 5. The molecule has 0 bridgehead atoms. The van der Waals surface area contributed by atoms with Gasteiger partial charge in [0.1, 0.15) is 5.82 Å². The van der Waals surface area contributed by atoms with Crippen LogP contribution in [0.4, 0.5) is 0 Å². The second-order valence-electron chi connectivity index (χ2n) is 8.50. The Kier molecular flexibility index (Phi) is 5.54. The largest absolute Gasteiger partial charge is 0.299 e. The van der Waals surface area contributed by atoms with Crippen LogP contribution >= 0.6 is 0 Å². The second kappa shape index (κ2) is 9.28. The van der Waals surface area contributed by atoms with E-state index in [1.807, 2.05) is 12.3 Å². The van der Waals surface area contributed by atoms with Crippen LogP contribution in [0.5, 0.6) is 0 Å². The maximum absolute atomic E-state index is 4.78. The molecule has 0 N–H and O–H groups in total. The van der Waals surface area contributed by atoms with Crippen LogP contribution in [0.25, 0.3) is 50.5 Å². The number of hydrogen-bond donors (Lipinski definition) is 0. The van der Waals surface area contributed by atoms with E-state index in [9.17, 15) is 0 Å². The van der Waals surface area contributed by atoms with Crippen molar-refractivity contribution in [1.82, 2.24) is 9.55 Å². The fraction of sp³-hybridized carbons (Fsp3) is 0. The maximum Gasteiger partial charge on any atom is 0.144 e. The average Bonchev–Trinajstić information content (AvgIpc) is 3.44. The zero-order chi connectivity index (χ0) is 23.5. The average molecular weight is 449 g/mol. The summed E-state index contributed by atoms with van der Waals surface area (Å²) in [7, 11) is 0. The van der Waals surface area contributed by atoms with Gasteiger partial charge in [-0.05, 0) is 34.4 Å². The zero-order valence-corrected chi connectivity index (χ0v) is 19.3. The third-order valence-corrected chi connectivity index (χ3v) is 6.30. The predicted octanol–water partition coefficient (Wildman–Crippen LogP) is 8.54. The molecule has 0 radical (unpaired) electrons. The highest BCUT2D eigenvalue weighted by molar-refractivity contribution is 5.91. The Morgan fingerprint density at radius 2 is 0.857 bits per heavy atom. The Hall–Kier alpha value is -4.69. The standard InChI is InChI=1S/C33H24N2/c1-5-13-25(14-6-1)29-23-30(26-15-7-2-8-16-26)32(31(24-29)27-17-9-3-10-18-27)35-22-21-34-33(35)28-19-11-4-12-20-28/h1-24H. The lowest BCUT2D eigenvalue weighted by Gasteiger charge is -2.21.